The van der Waals surface area contributed by atoms with Gasteiger partial charge in [0.15, 0.2) is 0 Å². The number of nitrogens with zero attached hydrogens (tertiary/aromatic N) is 2. The van der Waals surface area contributed by atoms with Crippen LogP contribution >= 0.6 is 11.6 Å². The third-order valence-electron chi connectivity index (χ3n) is 2.14. The number of benzene rings is 1. The van der Waals surface area contributed by atoms with Crippen LogP contribution in [-0.4, -0.2) is 9.55 Å². The molecule has 76 valence electrons. The van der Waals surface area contributed by atoms with Crippen molar-refractivity contribution in [1.82, 2.24) is 9.55 Å². The predicted molar refractivity (Wildman–Crippen MR) is 61.2 cm³/mol. The summed E-state index contributed by atoms with van der Waals surface area (Å²) >= 11 is 5.88. The largest absolute Gasteiger partial charge is 0.328 e. The van der Waals surface area contributed by atoms with Crippen molar-refractivity contribution in [2.45, 2.75) is 6.54 Å². The molecule has 0 unspecified atom stereocenters. The average Bonchev–Trinajstić information content (AvgIpc) is 2.22. The molecule has 0 N–H and O–H groups in total. The summed E-state index contributed by atoms with van der Waals surface area (Å²) in [6.45, 7) is 4.25. The first-order valence-corrected chi connectivity index (χ1v) is 4.86. The topological polar surface area (TPSA) is 34.9 Å². The highest BCUT2D eigenvalue weighted by Gasteiger charge is 2.03. The Morgan fingerprint density at radius 3 is 3.07 bits per heavy atom. The lowest BCUT2D eigenvalue weighted by atomic mass is 10.2. The van der Waals surface area contributed by atoms with Crippen molar-refractivity contribution < 1.29 is 0 Å². The van der Waals surface area contributed by atoms with E-state index in [0.29, 0.717) is 17.0 Å². The van der Waals surface area contributed by atoms with Crippen LogP contribution in [0.15, 0.2) is 42.0 Å². The standard InChI is InChI=1S/C11H9ClN2O/c1-2-5-14-7-13-11(15)9-4-3-8(12)6-10(9)14/h2-4,6-7H,1,5H2. The molecule has 0 saturated carbocycles. The number of fused-ring (bicyclic) bond motifs is 1. The molecule has 3 nitrogen and oxygen atoms in total. The van der Waals surface area contributed by atoms with Crippen LogP contribution in [0.4, 0.5) is 0 Å². The van der Waals surface area contributed by atoms with Crippen molar-refractivity contribution in [3.05, 3.63) is 52.6 Å². The molecule has 0 saturated heterocycles. The van der Waals surface area contributed by atoms with E-state index in [2.05, 4.69) is 11.6 Å². The van der Waals surface area contributed by atoms with Crippen LogP contribution in [-0.2, 0) is 6.54 Å². The van der Waals surface area contributed by atoms with E-state index in [-0.39, 0.29) is 5.56 Å². The van der Waals surface area contributed by atoms with Gasteiger partial charge in [0.2, 0.25) is 0 Å². The molecular formula is C11H9ClN2O. The molecule has 0 amide bonds. The normalized spacial score (nSPS) is 10.5. The predicted octanol–water partition coefficient (Wildman–Crippen LogP) is 2.24. The Morgan fingerprint density at radius 1 is 1.53 bits per heavy atom. The second-order valence-corrected chi connectivity index (χ2v) is 3.59. The van der Waals surface area contributed by atoms with Gasteiger partial charge in [-0.1, -0.05) is 17.7 Å². The Balaban J connectivity index is 2.83. The number of hydrogen-bond acceptors (Lipinski definition) is 2. The minimum atomic E-state index is -0.234. The van der Waals surface area contributed by atoms with Gasteiger partial charge >= 0.3 is 0 Å². The van der Waals surface area contributed by atoms with Crippen LogP contribution in [0, 0.1) is 0 Å². The lowest BCUT2D eigenvalue weighted by Crippen LogP contribution is -2.11. The summed E-state index contributed by atoms with van der Waals surface area (Å²) in [5, 5.41) is 1.18. The maximum atomic E-state index is 11.5. The minimum absolute atomic E-state index is 0.234. The van der Waals surface area contributed by atoms with Crippen LogP contribution in [0.3, 0.4) is 0 Å². The van der Waals surface area contributed by atoms with Gasteiger partial charge in [-0.2, -0.15) is 4.98 Å². The molecule has 0 fully saturated rings. The Labute approximate surface area is 91.6 Å². The average molecular weight is 221 g/mol. The molecule has 0 atom stereocenters. The molecular weight excluding hydrogens is 212 g/mol. The van der Waals surface area contributed by atoms with Gasteiger partial charge in [-0.05, 0) is 18.2 Å². The van der Waals surface area contributed by atoms with Gasteiger partial charge in [0.25, 0.3) is 5.56 Å². The van der Waals surface area contributed by atoms with Gasteiger partial charge in [0.1, 0.15) is 0 Å². The van der Waals surface area contributed by atoms with E-state index in [1.165, 1.54) is 6.33 Å². The zero-order valence-corrected chi connectivity index (χ0v) is 8.74. The van der Waals surface area contributed by atoms with E-state index in [0.717, 1.165) is 5.52 Å². The van der Waals surface area contributed by atoms with Crippen molar-refractivity contribution in [3.8, 4) is 0 Å². The zero-order chi connectivity index (χ0) is 10.8. The Bertz CT molecular complexity index is 574. The maximum absolute atomic E-state index is 11.5. The summed E-state index contributed by atoms with van der Waals surface area (Å²) in [4.78, 5) is 15.2. The summed E-state index contributed by atoms with van der Waals surface area (Å²) in [5.41, 5.74) is 0.546. The smallest absolute Gasteiger partial charge is 0.280 e. The highest BCUT2D eigenvalue weighted by Crippen LogP contribution is 2.15. The quantitative estimate of drug-likeness (QED) is 0.728. The molecule has 4 heteroatoms. The molecule has 1 heterocycles. The molecule has 0 aliphatic rings. The van der Waals surface area contributed by atoms with Gasteiger partial charge in [-0.3, -0.25) is 4.79 Å². The number of rotatable bonds is 2. The van der Waals surface area contributed by atoms with E-state index in [4.69, 9.17) is 11.6 Å². The third-order valence-corrected chi connectivity index (χ3v) is 2.37. The number of halogens is 1. The van der Waals surface area contributed by atoms with Crippen LogP contribution in [0.1, 0.15) is 0 Å². The van der Waals surface area contributed by atoms with Crippen molar-refractivity contribution in [1.29, 1.82) is 0 Å². The van der Waals surface area contributed by atoms with Crippen molar-refractivity contribution >= 4 is 22.5 Å². The molecule has 0 spiro atoms. The fourth-order valence-electron chi connectivity index (χ4n) is 1.46. The highest BCUT2D eigenvalue weighted by atomic mass is 35.5. The summed E-state index contributed by atoms with van der Waals surface area (Å²) in [6, 6.07) is 5.13. The molecule has 1 aromatic heterocycles. The van der Waals surface area contributed by atoms with Crippen molar-refractivity contribution in [2.24, 2.45) is 0 Å². The minimum Gasteiger partial charge on any atom is -0.328 e. The summed E-state index contributed by atoms with van der Waals surface area (Å²) in [5.74, 6) is 0. The van der Waals surface area contributed by atoms with Gasteiger partial charge in [0.05, 0.1) is 17.2 Å². The van der Waals surface area contributed by atoms with Crippen LogP contribution in [0.25, 0.3) is 10.9 Å². The molecule has 0 radical (unpaired) electrons. The number of allylic oxidation sites excluding steroid dienone is 1. The highest BCUT2D eigenvalue weighted by molar-refractivity contribution is 6.31. The first-order chi connectivity index (χ1) is 7.22. The Kier molecular flexibility index (Phi) is 2.56. The van der Waals surface area contributed by atoms with Crippen LogP contribution in [0.5, 0.6) is 0 Å². The Hall–Kier alpha value is -1.61. The maximum Gasteiger partial charge on any atom is 0.280 e. The number of hydrogen-bond donors (Lipinski definition) is 0. The van der Waals surface area contributed by atoms with E-state index in [9.17, 15) is 4.79 Å². The fourth-order valence-corrected chi connectivity index (χ4v) is 1.63. The molecule has 1 aromatic carbocycles. The second-order valence-electron chi connectivity index (χ2n) is 3.15. The van der Waals surface area contributed by atoms with Gasteiger partial charge < -0.3 is 4.57 Å². The SMILES string of the molecule is C=CCn1cnc(=O)c2ccc(Cl)cc21. The first-order valence-electron chi connectivity index (χ1n) is 4.48. The van der Waals surface area contributed by atoms with E-state index in [1.807, 2.05) is 4.57 Å². The van der Waals surface area contributed by atoms with E-state index < -0.39 is 0 Å². The zero-order valence-electron chi connectivity index (χ0n) is 7.98. The molecule has 15 heavy (non-hydrogen) atoms. The van der Waals surface area contributed by atoms with Gasteiger partial charge in [-0.25, -0.2) is 0 Å². The molecule has 0 aliphatic carbocycles. The van der Waals surface area contributed by atoms with Crippen molar-refractivity contribution in [3.63, 3.8) is 0 Å². The van der Waals surface area contributed by atoms with Crippen LogP contribution in [0.2, 0.25) is 5.02 Å². The molecule has 2 aromatic rings. The van der Waals surface area contributed by atoms with Crippen molar-refractivity contribution in [2.75, 3.05) is 0 Å². The third kappa shape index (κ3) is 1.78. The van der Waals surface area contributed by atoms with Crippen LogP contribution < -0.4 is 5.56 Å². The molecule has 0 bridgehead atoms. The fraction of sp³-hybridized carbons (Fsp3) is 0.0909. The lowest BCUT2D eigenvalue weighted by Gasteiger charge is -2.06. The summed E-state index contributed by atoms with van der Waals surface area (Å²) in [7, 11) is 0. The monoisotopic (exact) mass is 220 g/mol. The molecule has 0 aliphatic heterocycles. The summed E-state index contributed by atoms with van der Waals surface area (Å²) < 4.78 is 1.83. The summed E-state index contributed by atoms with van der Waals surface area (Å²) in [6.07, 6.45) is 3.25. The second kappa shape index (κ2) is 3.87. The van der Waals surface area contributed by atoms with Gasteiger partial charge in [-0.15, -0.1) is 6.58 Å². The molecule has 2 rings (SSSR count). The lowest BCUT2D eigenvalue weighted by molar-refractivity contribution is 0.820. The van der Waals surface area contributed by atoms with E-state index >= 15 is 0 Å². The van der Waals surface area contributed by atoms with E-state index in [1.54, 1.807) is 24.3 Å². The van der Waals surface area contributed by atoms with Gasteiger partial charge in [0, 0.05) is 11.6 Å². The first kappa shape index (κ1) is 9.93. The Morgan fingerprint density at radius 2 is 2.33 bits per heavy atom. The number of aromatic nitrogens is 2.